The minimum absolute atomic E-state index is 0.0562. The van der Waals surface area contributed by atoms with Crippen LogP contribution in [0.3, 0.4) is 0 Å². The molecule has 0 aromatic heterocycles. The van der Waals surface area contributed by atoms with Gasteiger partial charge in [0.1, 0.15) is 17.5 Å². The number of allylic oxidation sites excluding steroid dienone is 1. The molecule has 1 aliphatic carbocycles. The van der Waals surface area contributed by atoms with Crippen LogP contribution in [0.25, 0.3) is 0 Å². The number of rotatable bonds is 10. The summed E-state index contributed by atoms with van der Waals surface area (Å²) in [6.07, 6.45) is 6.58. The van der Waals surface area contributed by atoms with E-state index in [9.17, 15) is 18.0 Å². The van der Waals surface area contributed by atoms with Crippen molar-refractivity contribution in [2.45, 2.75) is 56.4 Å². The molecule has 0 bridgehead atoms. The Balaban J connectivity index is 1.64. The van der Waals surface area contributed by atoms with Gasteiger partial charge in [-0.05, 0) is 87.6 Å². The first kappa shape index (κ1) is 25.9. The number of amides is 2. The molecule has 2 aliphatic rings. The van der Waals surface area contributed by atoms with Gasteiger partial charge in [-0.25, -0.2) is 13.3 Å². The Bertz CT molecular complexity index is 1220. The lowest BCUT2D eigenvalue weighted by Crippen LogP contribution is -2.46. The maximum absolute atomic E-state index is 13.8. The van der Waals surface area contributed by atoms with Crippen LogP contribution < -0.4 is 14.4 Å². The van der Waals surface area contributed by atoms with Crippen molar-refractivity contribution in [1.82, 2.24) is 4.31 Å². The number of hydrogen-bond donors (Lipinski definition) is 0. The van der Waals surface area contributed by atoms with Crippen LogP contribution in [0.1, 0.15) is 45.4 Å². The predicted molar refractivity (Wildman–Crippen MR) is 137 cm³/mol. The summed E-state index contributed by atoms with van der Waals surface area (Å²) in [5, 5.41) is 0. The second-order valence-corrected chi connectivity index (χ2v) is 10.8. The molecule has 1 saturated heterocycles. The maximum Gasteiger partial charge on any atom is 0.252 e. The van der Waals surface area contributed by atoms with Crippen molar-refractivity contribution in [3.05, 3.63) is 60.2 Å². The number of hydrogen-bond acceptors (Lipinski definition) is 6. The van der Waals surface area contributed by atoms with Crippen molar-refractivity contribution in [1.29, 1.82) is 0 Å². The molecule has 1 unspecified atom stereocenters. The Morgan fingerprint density at radius 3 is 2.31 bits per heavy atom. The van der Waals surface area contributed by atoms with Crippen LogP contribution >= 0.6 is 0 Å². The third-order valence-electron chi connectivity index (χ3n) is 6.58. The van der Waals surface area contributed by atoms with Crippen molar-refractivity contribution in [3.63, 3.8) is 0 Å². The van der Waals surface area contributed by atoms with Gasteiger partial charge in [-0.1, -0.05) is 11.6 Å². The molecule has 9 heteroatoms. The number of methoxy groups -OCH3 is 1. The molecule has 8 nitrogen and oxygen atoms in total. The summed E-state index contributed by atoms with van der Waals surface area (Å²) >= 11 is 0. The number of anilines is 1. The van der Waals surface area contributed by atoms with Gasteiger partial charge in [-0.3, -0.25) is 9.59 Å². The molecule has 0 radical (unpaired) electrons. The van der Waals surface area contributed by atoms with E-state index in [1.54, 1.807) is 36.4 Å². The number of carbonyl (C=O) groups excluding carboxylic acids is 2. The van der Waals surface area contributed by atoms with Gasteiger partial charge in [0.25, 0.3) is 5.91 Å². The van der Waals surface area contributed by atoms with Crippen molar-refractivity contribution in [3.8, 4) is 11.5 Å². The Morgan fingerprint density at radius 2 is 1.69 bits per heavy atom. The van der Waals surface area contributed by atoms with Crippen LogP contribution in [0.4, 0.5) is 5.69 Å². The van der Waals surface area contributed by atoms with Gasteiger partial charge in [-0.15, -0.1) is 0 Å². The quantitative estimate of drug-likeness (QED) is 0.348. The lowest BCUT2D eigenvalue weighted by atomic mass is 9.97. The minimum atomic E-state index is -4.06. The Labute approximate surface area is 212 Å². The summed E-state index contributed by atoms with van der Waals surface area (Å²) < 4.78 is 39.4. The number of imide groups is 1. The summed E-state index contributed by atoms with van der Waals surface area (Å²) in [6, 6.07) is 11.6. The zero-order valence-electron chi connectivity index (χ0n) is 20.7. The summed E-state index contributed by atoms with van der Waals surface area (Å²) in [5.74, 6) is 0.183. The largest absolute Gasteiger partial charge is 0.497 e. The smallest absolute Gasteiger partial charge is 0.252 e. The van der Waals surface area contributed by atoms with E-state index in [1.807, 2.05) is 6.92 Å². The highest BCUT2D eigenvalue weighted by atomic mass is 32.2. The van der Waals surface area contributed by atoms with E-state index < -0.39 is 27.9 Å². The molecular formula is C27H32N2O6S. The normalized spacial score (nSPS) is 18.5. The second-order valence-electron chi connectivity index (χ2n) is 8.86. The lowest BCUT2D eigenvalue weighted by molar-refractivity contribution is -0.122. The Morgan fingerprint density at radius 1 is 1.00 bits per heavy atom. The fourth-order valence-electron chi connectivity index (χ4n) is 4.68. The SMILES string of the molecule is CCOc1ccc(N2C(=O)CC(N(CCC3=CCCCC3)S(=O)(=O)c3ccc(OC)cc3)C2=O)cc1. The first-order chi connectivity index (χ1) is 17.3. The molecule has 2 aromatic rings. The molecule has 36 heavy (non-hydrogen) atoms. The summed E-state index contributed by atoms with van der Waals surface area (Å²) in [4.78, 5) is 27.7. The van der Waals surface area contributed by atoms with Crippen molar-refractivity contribution >= 4 is 27.5 Å². The number of ether oxygens (including phenoxy) is 2. The van der Waals surface area contributed by atoms with Crippen LogP contribution in [0.15, 0.2) is 65.1 Å². The van der Waals surface area contributed by atoms with Gasteiger partial charge in [0.15, 0.2) is 0 Å². The van der Waals surface area contributed by atoms with Gasteiger partial charge < -0.3 is 9.47 Å². The van der Waals surface area contributed by atoms with Crippen molar-refractivity contribution in [2.75, 3.05) is 25.2 Å². The van der Waals surface area contributed by atoms with E-state index in [0.717, 1.165) is 30.6 Å². The molecule has 1 atom stereocenters. The summed E-state index contributed by atoms with van der Waals surface area (Å²) in [6.45, 7) is 2.49. The van der Waals surface area contributed by atoms with Crippen molar-refractivity contribution in [2.24, 2.45) is 0 Å². The third kappa shape index (κ3) is 5.47. The Hall–Kier alpha value is -3.17. The Kier molecular flexibility index (Phi) is 8.11. The average Bonchev–Trinajstić information content (AvgIpc) is 3.18. The first-order valence-electron chi connectivity index (χ1n) is 12.3. The second kappa shape index (κ2) is 11.3. The standard InChI is InChI=1S/C27H32N2O6S/c1-3-35-23-11-9-21(10-12-23)29-26(30)19-25(27(29)31)28(18-17-20-7-5-4-6-8-20)36(32,33)24-15-13-22(34-2)14-16-24/h7,9-16,25H,3-6,8,17-19H2,1-2H3. The average molecular weight is 513 g/mol. The zero-order chi connectivity index (χ0) is 25.7. The van der Waals surface area contributed by atoms with E-state index in [2.05, 4.69) is 6.08 Å². The number of nitrogens with zero attached hydrogens (tertiary/aromatic N) is 2. The van der Waals surface area contributed by atoms with Crippen LogP contribution in [-0.4, -0.2) is 50.8 Å². The minimum Gasteiger partial charge on any atom is -0.497 e. The number of carbonyl (C=O) groups is 2. The molecule has 2 aromatic carbocycles. The van der Waals surface area contributed by atoms with E-state index in [-0.39, 0.29) is 17.9 Å². The first-order valence-corrected chi connectivity index (χ1v) is 13.7. The van der Waals surface area contributed by atoms with Gasteiger partial charge in [0, 0.05) is 6.54 Å². The van der Waals surface area contributed by atoms with E-state index in [4.69, 9.17) is 9.47 Å². The highest BCUT2D eigenvalue weighted by Crippen LogP contribution is 2.32. The number of benzene rings is 2. The lowest BCUT2D eigenvalue weighted by Gasteiger charge is -2.28. The molecule has 4 rings (SSSR count). The molecule has 1 fully saturated rings. The van der Waals surface area contributed by atoms with E-state index >= 15 is 0 Å². The third-order valence-corrected chi connectivity index (χ3v) is 8.50. The monoisotopic (exact) mass is 512 g/mol. The summed E-state index contributed by atoms with van der Waals surface area (Å²) in [7, 11) is -2.55. The number of sulfonamides is 1. The fraction of sp³-hybridized carbons (Fsp3) is 0.407. The highest BCUT2D eigenvalue weighted by Gasteiger charge is 2.46. The molecule has 1 heterocycles. The molecular weight excluding hydrogens is 480 g/mol. The molecule has 192 valence electrons. The van der Waals surface area contributed by atoms with Gasteiger partial charge in [-0.2, -0.15) is 4.31 Å². The van der Waals surface area contributed by atoms with Crippen LogP contribution in [0, 0.1) is 0 Å². The molecule has 0 spiro atoms. The van der Waals surface area contributed by atoms with Gasteiger partial charge in [0.2, 0.25) is 15.9 Å². The maximum atomic E-state index is 13.8. The van der Waals surface area contributed by atoms with Crippen LogP contribution in [0.2, 0.25) is 0 Å². The zero-order valence-corrected chi connectivity index (χ0v) is 21.5. The fourth-order valence-corrected chi connectivity index (χ4v) is 6.26. The molecule has 0 saturated carbocycles. The van der Waals surface area contributed by atoms with Crippen molar-refractivity contribution < 1.29 is 27.5 Å². The molecule has 1 aliphatic heterocycles. The molecule has 0 N–H and O–H groups in total. The summed E-state index contributed by atoms with van der Waals surface area (Å²) in [5.41, 5.74) is 1.59. The van der Waals surface area contributed by atoms with Gasteiger partial charge >= 0.3 is 0 Å². The van der Waals surface area contributed by atoms with Crippen LogP contribution in [0.5, 0.6) is 11.5 Å². The topological polar surface area (TPSA) is 93.2 Å². The highest BCUT2D eigenvalue weighted by molar-refractivity contribution is 7.89. The van der Waals surface area contributed by atoms with E-state index in [0.29, 0.717) is 30.2 Å². The van der Waals surface area contributed by atoms with Gasteiger partial charge in [0.05, 0.1) is 30.7 Å². The van der Waals surface area contributed by atoms with Crippen LogP contribution in [-0.2, 0) is 19.6 Å². The molecule has 2 amide bonds. The predicted octanol–water partition coefficient (Wildman–Crippen LogP) is 4.31. The van der Waals surface area contributed by atoms with E-state index in [1.165, 1.54) is 29.1 Å².